The minimum Gasteiger partial charge on any atom is -0.497 e. The first-order chi connectivity index (χ1) is 10.0. The lowest BCUT2D eigenvalue weighted by Crippen LogP contribution is -2.36. The monoisotopic (exact) mass is 305 g/mol. The Labute approximate surface area is 128 Å². The van der Waals surface area contributed by atoms with E-state index < -0.39 is 6.10 Å². The third-order valence-electron chi connectivity index (χ3n) is 3.36. The van der Waals surface area contributed by atoms with Crippen molar-refractivity contribution in [2.24, 2.45) is 0 Å². The molecule has 2 atom stereocenters. The number of benzene rings is 1. The van der Waals surface area contributed by atoms with Crippen molar-refractivity contribution in [3.05, 3.63) is 51.7 Å². The van der Waals surface area contributed by atoms with Gasteiger partial charge in [0.05, 0.1) is 24.1 Å². The van der Waals surface area contributed by atoms with Gasteiger partial charge >= 0.3 is 0 Å². The van der Waals surface area contributed by atoms with E-state index in [2.05, 4.69) is 5.32 Å². The SMILES string of the molecule is COc1ccc(C(O)C(C)NC(=O)c2sccc2C)cc1. The Bertz CT molecular complexity index is 606. The number of carbonyl (C=O) groups is 1. The van der Waals surface area contributed by atoms with Crippen molar-refractivity contribution in [1.29, 1.82) is 0 Å². The number of rotatable bonds is 5. The molecule has 0 saturated carbocycles. The zero-order chi connectivity index (χ0) is 15.4. The zero-order valence-electron chi connectivity index (χ0n) is 12.3. The van der Waals surface area contributed by atoms with Crippen molar-refractivity contribution in [2.45, 2.75) is 26.0 Å². The van der Waals surface area contributed by atoms with Crippen LogP contribution < -0.4 is 10.1 Å². The number of hydrogen-bond donors (Lipinski definition) is 2. The summed E-state index contributed by atoms with van der Waals surface area (Å²) in [5.41, 5.74) is 1.69. The first-order valence-corrected chi connectivity index (χ1v) is 7.58. The third kappa shape index (κ3) is 3.62. The fourth-order valence-corrected chi connectivity index (χ4v) is 2.87. The summed E-state index contributed by atoms with van der Waals surface area (Å²) in [7, 11) is 1.59. The Morgan fingerprint density at radius 1 is 1.29 bits per heavy atom. The van der Waals surface area contributed by atoms with Gasteiger partial charge in [0.2, 0.25) is 0 Å². The molecule has 0 spiro atoms. The molecule has 21 heavy (non-hydrogen) atoms. The number of aliphatic hydroxyl groups excluding tert-OH is 1. The number of aliphatic hydroxyl groups is 1. The highest BCUT2D eigenvalue weighted by molar-refractivity contribution is 7.12. The van der Waals surface area contributed by atoms with E-state index in [1.165, 1.54) is 11.3 Å². The molecule has 5 heteroatoms. The molecule has 1 heterocycles. The molecular weight excluding hydrogens is 286 g/mol. The molecule has 1 aromatic carbocycles. The van der Waals surface area contributed by atoms with Crippen LogP contribution in [0.1, 0.15) is 33.8 Å². The second kappa shape index (κ2) is 6.74. The Kier molecular flexibility index (Phi) is 4.98. The van der Waals surface area contributed by atoms with Gasteiger partial charge in [0.15, 0.2) is 0 Å². The highest BCUT2D eigenvalue weighted by Crippen LogP contribution is 2.21. The minimum atomic E-state index is -0.764. The molecule has 112 valence electrons. The fraction of sp³-hybridized carbons (Fsp3) is 0.312. The van der Waals surface area contributed by atoms with Gasteiger partial charge in [-0.05, 0) is 48.6 Å². The minimum absolute atomic E-state index is 0.150. The molecule has 2 aromatic rings. The maximum atomic E-state index is 12.1. The number of amides is 1. The largest absolute Gasteiger partial charge is 0.497 e. The van der Waals surface area contributed by atoms with Crippen LogP contribution >= 0.6 is 11.3 Å². The highest BCUT2D eigenvalue weighted by Gasteiger charge is 2.20. The van der Waals surface area contributed by atoms with E-state index in [0.29, 0.717) is 4.88 Å². The molecule has 0 aliphatic carbocycles. The van der Waals surface area contributed by atoms with Crippen LogP contribution in [0.2, 0.25) is 0 Å². The lowest BCUT2D eigenvalue weighted by molar-refractivity contribution is 0.0855. The summed E-state index contributed by atoms with van der Waals surface area (Å²) in [4.78, 5) is 12.8. The number of hydrogen-bond acceptors (Lipinski definition) is 4. The van der Waals surface area contributed by atoms with E-state index in [1.54, 1.807) is 38.3 Å². The number of nitrogens with one attached hydrogen (secondary N) is 1. The summed E-state index contributed by atoms with van der Waals surface area (Å²) in [6.07, 6.45) is -0.764. The Morgan fingerprint density at radius 2 is 1.95 bits per heavy atom. The molecule has 0 radical (unpaired) electrons. The molecule has 0 fully saturated rings. The molecule has 2 N–H and O–H groups in total. The Morgan fingerprint density at radius 3 is 2.48 bits per heavy atom. The summed E-state index contributed by atoms with van der Waals surface area (Å²) in [5.74, 6) is 0.583. The van der Waals surface area contributed by atoms with Crippen LogP contribution in [0.25, 0.3) is 0 Å². The van der Waals surface area contributed by atoms with Gasteiger partial charge in [0, 0.05) is 0 Å². The normalized spacial score (nSPS) is 13.5. The molecule has 0 bridgehead atoms. The second-order valence-corrected chi connectivity index (χ2v) is 5.83. The molecule has 4 nitrogen and oxygen atoms in total. The van der Waals surface area contributed by atoms with Gasteiger partial charge < -0.3 is 15.2 Å². The van der Waals surface area contributed by atoms with Crippen LogP contribution in [-0.2, 0) is 0 Å². The number of carbonyl (C=O) groups excluding carboxylic acids is 1. The van der Waals surface area contributed by atoms with E-state index in [-0.39, 0.29) is 11.9 Å². The van der Waals surface area contributed by atoms with E-state index in [0.717, 1.165) is 16.9 Å². The van der Waals surface area contributed by atoms with Crippen molar-refractivity contribution >= 4 is 17.2 Å². The van der Waals surface area contributed by atoms with Gasteiger partial charge in [0.25, 0.3) is 5.91 Å². The number of methoxy groups -OCH3 is 1. The van der Waals surface area contributed by atoms with Crippen LogP contribution in [0, 0.1) is 6.92 Å². The number of aryl methyl sites for hydroxylation is 1. The maximum Gasteiger partial charge on any atom is 0.261 e. The zero-order valence-corrected chi connectivity index (χ0v) is 13.1. The Balaban J connectivity index is 2.03. The summed E-state index contributed by atoms with van der Waals surface area (Å²) in [6, 6.07) is 8.69. The van der Waals surface area contributed by atoms with Crippen molar-refractivity contribution in [1.82, 2.24) is 5.32 Å². The predicted molar refractivity (Wildman–Crippen MR) is 83.9 cm³/mol. The van der Waals surface area contributed by atoms with Crippen molar-refractivity contribution in [3.8, 4) is 5.75 Å². The summed E-state index contributed by atoms with van der Waals surface area (Å²) >= 11 is 1.40. The van der Waals surface area contributed by atoms with Gasteiger partial charge in [-0.3, -0.25) is 4.79 Å². The standard InChI is InChI=1S/C16H19NO3S/c1-10-8-9-21-15(10)16(19)17-11(2)14(18)12-4-6-13(20-3)7-5-12/h4-9,11,14,18H,1-3H3,(H,17,19). The van der Waals surface area contributed by atoms with Crippen LogP contribution in [-0.4, -0.2) is 24.2 Å². The van der Waals surface area contributed by atoms with Gasteiger partial charge in [-0.15, -0.1) is 11.3 Å². The molecule has 0 saturated heterocycles. The quantitative estimate of drug-likeness (QED) is 0.893. The van der Waals surface area contributed by atoms with Crippen LogP contribution in [0.3, 0.4) is 0 Å². The number of thiophene rings is 1. The summed E-state index contributed by atoms with van der Waals surface area (Å²) < 4.78 is 5.09. The third-order valence-corrected chi connectivity index (χ3v) is 4.37. The molecule has 1 aromatic heterocycles. The summed E-state index contributed by atoms with van der Waals surface area (Å²) in [5, 5.41) is 15.0. The van der Waals surface area contributed by atoms with Crippen molar-refractivity contribution in [3.63, 3.8) is 0 Å². The van der Waals surface area contributed by atoms with Crippen molar-refractivity contribution in [2.75, 3.05) is 7.11 Å². The lowest BCUT2D eigenvalue weighted by Gasteiger charge is -2.20. The van der Waals surface area contributed by atoms with Crippen LogP contribution in [0.15, 0.2) is 35.7 Å². The molecule has 1 amide bonds. The average Bonchev–Trinajstić information content (AvgIpc) is 2.92. The Hall–Kier alpha value is -1.85. The van der Waals surface area contributed by atoms with E-state index in [9.17, 15) is 9.90 Å². The average molecular weight is 305 g/mol. The lowest BCUT2D eigenvalue weighted by atomic mass is 10.0. The highest BCUT2D eigenvalue weighted by atomic mass is 32.1. The van der Waals surface area contributed by atoms with E-state index in [4.69, 9.17) is 4.74 Å². The van der Waals surface area contributed by atoms with Gasteiger partial charge in [-0.2, -0.15) is 0 Å². The molecule has 0 aliphatic heterocycles. The molecule has 0 aliphatic rings. The predicted octanol–water partition coefficient (Wildman–Crippen LogP) is 2.92. The number of ether oxygens (including phenoxy) is 1. The first kappa shape index (κ1) is 15.5. The first-order valence-electron chi connectivity index (χ1n) is 6.70. The summed E-state index contributed by atoms with van der Waals surface area (Å²) in [6.45, 7) is 3.69. The van der Waals surface area contributed by atoms with Gasteiger partial charge in [-0.25, -0.2) is 0 Å². The smallest absolute Gasteiger partial charge is 0.261 e. The van der Waals surface area contributed by atoms with Crippen molar-refractivity contribution < 1.29 is 14.6 Å². The van der Waals surface area contributed by atoms with Gasteiger partial charge in [0.1, 0.15) is 5.75 Å². The second-order valence-electron chi connectivity index (χ2n) is 4.91. The van der Waals surface area contributed by atoms with Crippen LogP contribution in [0.4, 0.5) is 0 Å². The van der Waals surface area contributed by atoms with Gasteiger partial charge in [-0.1, -0.05) is 12.1 Å². The maximum absolute atomic E-state index is 12.1. The van der Waals surface area contributed by atoms with E-state index in [1.807, 2.05) is 18.4 Å². The molecular formula is C16H19NO3S. The van der Waals surface area contributed by atoms with E-state index >= 15 is 0 Å². The fourth-order valence-electron chi connectivity index (χ4n) is 2.05. The van der Waals surface area contributed by atoms with Crippen LogP contribution in [0.5, 0.6) is 5.75 Å². The molecule has 2 rings (SSSR count). The molecule has 2 unspecified atom stereocenters. The topological polar surface area (TPSA) is 58.6 Å².